The zero-order valence-electron chi connectivity index (χ0n) is 16.6. The first-order valence-corrected chi connectivity index (χ1v) is 9.17. The van der Waals surface area contributed by atoms with Gasteiger partial charge in [0.1, 0.15) is 19.3 Å². The molecule has 0 aromatic heterocycles. The molecule has 0 saturated heterocycles. The van der Waals surface area contributed by atoms with Gasteiger partial charge in [0.25, 0.3) is 0 Å². The van der Waals surface area contributed by atoms with Crippen molar-refractivity contribution in [2.24, 2.45) is 0 Å². The molecule has 0 heterocycles. The molecule has 0 aliphatic rings. The van der Waals surface area contributed by atoms with Crippen LogP contribution in [0.4, 0.5) is 26.3 Å². The number of aliphatic hydroxyl groups excluding tert-OH is 3. The Kier molecular flexibility index (Phi) is 15.5. The number of ether oxygens (including phenoxy) is 6. The number of aliphatic hydroxyl groups is 3. The van der Waals surface area contributed by atoms with Crippen molar-refractivity contribution in [3.8, 4) is 0 Å². The van der Waals surface area contributed by atoms with E-state index in [4.69, 9.17) is 14.9 Å². The second kappa shape index (κ2) is 15.9. The molecule has 0 aliphatic heterocycles. The Hall–Kier alpha value is -0.780. The molecular formula is C16H28F6O9. The summed E-state index contributed by atoms with van der Waals surface area (Å²) >= 11 is 0. The molecule has 1 unspecified atom stereocenters. The van der Waals surface area contributed by atoms with E-state index in [9.17, 15) is 31.4 Å². The molecule has 0 aliphatic carbocycles. The van der Waals surface area contributed by atoms with Gasteiger partial charge in [0.2, 0.25) is 0 Å². The zero-order chi connectivity index (χ0) is 23.8. The van der Waals surface area contributed by atoms with Crippen LogP contribution in [-0.2, 0) is 28.4 Å². The minimum atomic E-state index is -5.39. The molecule has 1 atom stereocenters. The Morgan fingerprint density at radius 2 is 1.16 bits per heavy atom. The summed E-state index contributed by atoms with van der Waals surface area (Å²) in [6.07, 6.45) is -15.2. The van der Waals surface area contributed by atoms with Gasteiger partial charge in [-0.1, -0.05) is 0 Å². The van der Waals surface area contributed by atoms with E-state index in [0.29, 0.717) is 12.8 Å². The van der Waals surface area contributed by atoms with E-state index in [0.717, 1.165) is 0 Å². The lowest BCUT2D eigenvalue weighted by atomic mass is 10.3. The van der Waals surface area contributed by atoms with Crippen molar-refractivity contribution in [2.45, 2.75) is 37.5 Å². The van der Waals surface area contributed by atoms with Crippen LogP contribution in [0.3, 0.4) is 0 Å². The molecule has 0 spiro atoms. The van der Waals surface area contributed by atoms with Crippen molar-refractivity contribution < 1.29 is 70.1 Å². The average molecular weight is 478 g/mol. The maximum atomic E-state index is 13.4. The first-order valence-electron chi connectivity index (χ1n) is 9.17. The number of halogens is 6. The predicted octanol–water partition coefficient (Wildman–Crippen LogP) is 0.948. The number of hydrogen-bond acceptors (Lipinski definition) is 9. The molecule has 0 aromatic rings. The molecular weight excluding hydrogens is 450 g/mol. The predicted molar refractivity (Wildman–Crippen MR) is 89.7 cm³/mol. The van der Waals surface area contributed by atoms with Crippen molar-refractivity contribution in [2.75, 3.05) is 66.1 Å². The molecule has 0 aromatic carbocycles. The van der Waals surface area contributed by atoms with Crippen LogP contribution < -0.4 is 0 Å². The van der Waals surface area contributed by atoms with E-state index in [-0.39, 0.29) is 39.6 Å². The Bertz CT molecular complexity index is 446. The second-order valence-corrected chi connectivity index (χ2v) is 6.01. The first kappa shape index (κ1) is 30.2. The average Bonchev–Trinajstić information content (AvgIpc) is 2.62. The molecule has 0 rings (SSSR count). The van der Waals surface area contributed by atoms with Gasteiger partial charge in [-0.15, -0.1) is 8.78 Å². The number of unbranched alkanes of at least 4 members (excludes halogenated alkanes) is 1. The summed E-state index contributed by atoms with van der Waals surface area (Å²) < 4.78 is 104. The maximum absolute atomic E-state index is 13.4. The van der Waals surface area contributed by atoms with Crippen LogP contribution in [0.5, 0.6) is 0 Å². The molecule has 0 bridgehead atoms. The lowest BCUT2D eigenvalue weighted by molar-refractivity contribution is -0.518. The topological polar surface area (TPSA) is 116 Å². The van der Waals surface area contributed by atoms with E-state index in [2.05, 4.69) is 23.7 Å². The van der Waals surface area contributed by atoms with Crippen molar-refractivity contribution in [1.29, 1.82) is 0 Å². The van der Waals surface area contributed by atoms with Gasteiger partial charge in [-0.05, 0) is 12.8 Å². The highest BCUT2D eigenvalue weighted by Gasteiger charge is 2.52. The fourth-order valence-corrected chi connectivity index (χ4v) is 1.80. The third kappa shape index (κ3) is 18.5. The summed E-state index contributed by atoms with van der Waals surface area (Å²) in [5.41, 5.74) is 0. The van der Waals surface area contributed by atoms with Gasteiger partial charge in [-0.25, -0.2) is 9.47 Å². The number of rotatable bonds is 21. The maximum Gasteiger partial charge on any atom is 0.495 e. The van der Waals surface area contributed by atoms with Crippen molar-refractivity contribution in [3.05, 3.63) is 0 Å². The molecule has 188 valence electrons. The van der Waals surface area contributed by atoms with Gasteiger partial charge in [0, 0.05) is 13.2 Å². The Balaban J connectivity index is 4.19. The van der Waals surface area contributed by atoms with E-state index in [1.807, 2.05) is 0 Å². The van der Waals surface area contributed by atoms with Crippen LogP contribution in [0.15, 0.2) is 0 Å². The lowest BCUT2D eigenvalue weighted by Crippen LogP contribution is -2.44. The Labute approximate surface area is 174 Å². The monoisotopic (exact) mass is 478 g/mol. The standard InChI is InChI=1S/C16H28F6O9/c17-14(18,11-28-8-7-26-6-4-24)30-16(21,22)31-15(19,20)12-29-10-13(25)9-27-5-2-1-3-23/h13,23-25H,1-12H2. The highest BCUT2D eigenvalue weighted by atomic mass is 19.3. The van der Waals surface area contributed by atoms with Crippen LogP contribution in [-0.4, -0.2) is 106 Å². The van der Waals surface area contributed by atoms with Gasteiger partial charge in [0.05, 0.1) is 39.6 Å². The summed E-state index contributed by atoms with van der Waals surface area (Å²) in [5.74, 6) is 0. The molecule has 9 nitrogen and oxygen atoms in total. The van der Waals surface area contributed by atoms with Gasteiger partial charge in [-0.2, -0.15) is 17.6 Å². The molecule has 0 radical (unpaired) electrons. The number of alkyl halides is 6. The molecule has 0 fully saturated rings. The zero-order valence-corrected chi connectivity index (χ0v) is 16.6. The van der Waals surface area contributed by atoms with E-state index in [1.165, 1.54) is 0 Å². The van der Waals surface area contributed by atoms with Gasteiger partial charge in [-0.3, -0.25) is 0 Å². The highest BCUT2D eigenvalue weighted by molar-refractivity contribution is 4.59. The SMILES string of the molecule is OCCCCOCC(O)COCC(F)(F)OC(F)(F)OC(F)(F)COCCOCCO. The number of hydrogen-bond donors (Lipinski definition) is 3. The summed E-state index contributed by atoms with van der Waals surface area (Å²) in [6.45, 7) is -5.44. The minimum absolute atomic E-state index is 0.0439. The Morgan fingerprint density at radius 3 is 1.74 bits per heavy atom. The van der Waals surface area contributed by atoms with Crippen LogP contribution in [0.1, 0.15) is 12.8 Å². The summed E-state index contributed by atoms with van der Waals surface area (Å²) in [6, 6.07) is 0. The normalized spacial score (nSPS) is 14.2. The molecule has 0 saturated carbocycles. The summed E-state index contributed by atoms with van der Waals surface area (Å²) in [7, 11) is 0. The fraction of sp³-hybridized carbons (Fsp3) is 1.00. The van der Waals surface area contributed by atoms with Crippen molar-refractivity contribution in [3.63, 3.8) is 0 Å². The first-order chi connectivity index (χ1) is 14.4. The second-order valence-electron chi connectivity index (χ2n) is 6.01. The van der Waals surface area contributed by atoms with Gasteiger partial charge < -0.3 is 34.3 Å². The highest BCUT2D eigenvalue weighted by Crippen LogP contribution is 2.33. The molecule has 15 heteroatoms. The summed E-state index contributed by atoms with van der Waals surface area (Å²) in [5, 5.41) is 26.4. The van der Waals surface area contributed by atoms with Crippen molar-refractivity contribution >= 4 is 0 Å². The minimum Gasteiger partial charge on any atom is -0.396 e. The third-order valence-electron chi connectivity index (χ3n) is 3.00. The van der Waals surface area contributed by atoms with Crippen LogP contribution in [0.25, 0.3) is 0 Å². The van der Waals surface area contributed by atoms with E-state index < -0.39 is 51.0 Å². The molecule has 3 N–H and O–H groups in total. The van der Waals surface area contributed by atoms with E-state index >= 15 is 0 Å². The molecule has 31 heavy (non-hydrogen) atoms. The van der Waals surface area contributed by atoms with Crippen LogP contribution in [0, 0.1) is 0 Å². The Morgan fingerprint density at radius 1 is 0.613 bits per heavy atom. The lowest BCUT2D eigenvalue weighted by Gasteiger charge is -2.26. The smallest absolute Gasteiger partial charge is 0.396 e. The third-order valence-corrected chi connectivity index (χ3v) is 3.00. The van der Waals surface area contributed by atoms with Crippen molar-refractivity contribution in [1.82, 2.24) is 0 Å². The summed E-state index contributed by atoms with van der Waals surface area (Å²) in [4.78, 5) is 0. The van der Waals surface area contributed by atoms with Crippen LogP contribution >= 0.6 is 0 Å². The van der Waals surface area contributed by atoms with Gasteiger partial charge >= 0.3 is 18.5 Å². The molecule has 0 amide bonds. The quantitative estimate of drug-likeness (QED) is 0.126. The largest absolute Gasteiger partial charge is 0.495 e. The fourth-order valence-electron chi connectivity index (χ4n) is 1.80. The van der Waals surface area contributed by atoms with Gasteiger partial charge in [0.15, 0.2) is 0 Å². The van der Waals surface area contributed by atoms with Crippen LogP contribution in [0.2, 0.25) is 0 Å². The van der Waals surface area contributed by atoms with E-state index in [1.54, 1.807) is 0 Å².